The van der Waals surface area contributed by atoms with Gasteiger partial charge in [0, 0.05) is 44.1 Å². The predicted octanol–water partition coefficient (Wildman–Crippen LogP) is 0.799. The van der Waals surface area contributed by atoms with Crippen molar-refractivity contribution in [3.8, 4) is 0 Å². The fraction of sp³-hybridized carbons (Fsp3) is 0.438. The quantitative estimate of drug-likeness (QED) is 0.910. The molecule has 2 atom stereocenters. The number of nitrogens with zero attached hydrogens (tertiary/aromatic N) is 4. The molecule has 0 bridgehead atoms. The summed E-state index contributed by atoms with van der Waals surface area (Å²) in [5, 5.41) is 14.5. The summed E-state index contributed by atoms with van der Waals surface area (Å²) in [5.41, 5.74) is 2.51. The normalized spacial score (nSPS) is 21.3. The number of pyridine rings is 1. The molecule has 6 nitrogen and oxygen atoms in total. The number of aliphatic hydroxyl groups excluding tert-OH is 1. The number of hydrogen-bond donors (Lipinski definition) is 1. The molecule has 0 radical (unpaired) electrons. The summed E-state index contributed by atoms with van der Waals surface area (Å²) < 4.78 is 1.69. The van der Waals surface area contributed by atoms with Gasteiger partial charge in [0.25, 0.3) is 5.91 Å². The van der Waals surface area contributed by atoms with Gasteiger partial charge in [-0.25, -0.2) is 0 Å². The van der Waals surface area contributed by atoms with E-state index in [2.05, 4.69) is 10.1 Å². The maximum Gasteiger partial charge on any atom is 0.274 e. The van der Waals surface area contributed by atoms with E-state index < -0.39 is 6.10 Å². The number of aliphatic hydroxyl groups is 1. The predicted molar refractivity (Wildman–Crippen MR) is 81.3 cm³/mol. The van der Waals surface area contributed by atoms with Gasteiger partial charge in [-0.05, 0) is 37.1 Å². The Balaban J connectivity index is 1.68. The van der Waals surface area contributed by atoms with Crippen molar-refractivity contribution in [1.82, 2.24) is 19.7 Å². The molecule has 22 heavy (non-hydrogen) atoms. The number of aromatic nitrogens is 3. The molecule has 3 rings (SSSR count). The minimum atomic E-state index is -0.498. The molecule has 0 unspecified atom stereocenters. The van der Waals surface area contributed by atoms with E-state index in [1.165, 1.54) is 0 Å². The highest BCUT2D eigenvalue weighted by atomic mass is 16.3. The van der Waals surface area contributed by atoms with Gasteiger partial charge >= 0.3 is 0 Å². The highest BCUT2D eigenvalue weighted by Gasteiger charge is 2.35. The maximum absolute atomic E-state index is 12.5. The summed E-state index contributed by atoms with van der Waals surface area (Å²) in [6, 6.07) is 5.67. The van der Waals surface area contributed by atoms with E-state index in [1.807, 2.05) is 26.1 Å². The van der Waals surface area contributed by atoms with Crippen molar-refractivity contribution in [1.29, 1.82) is 0 Å². The molecule has 1 saturated heterocycles. The maximum atomic E-state index is 12.5. The smallest absolute Gasteiger partial charge is 0.274 e. The van der Waals surface area contributed by atoms with Gasteiger partial charge in [-0.1, -0.05) is 0 Å². The van der Waals surface area contributed by atoms with Crippen molar-refractivity contribution in [3.05, 3.63) is 47.5 Å². The summed E-state index contributed by atoms with van der Waals surface area (Å²) in [7, 11) is 1.82. The molecule has 0 spiro atoms. The molecule has 116 valence electrons. The Bertz CT molecular complexity index is 649. The van der Waals surface area contributed by atoms with Gasteiger partial charge in [-0.3, -0.25) is 14.5 Å². The molecule has 2 aromatic rings. The zero-order valence-electron chi connectivity index (χ0n) is 12.8. The number of hydrogen-bond acceptors (Lipinski definition) is 4. The number of carbonyl (C=O) groups excluding carboxylic acids is 1. The Labute approximate surface area is 129 Å². The van der Waals surface area contributed by atoms with E-state index in [-0.39, 0.29) is 11.8 Å². The van der Waals surface area contributed by atoms with E-state index in [0.29, 0.717) is 18.8 Å². The molecule has 1 N–H and O–H groups in total. The van der Waals surface area contributed by atoms with Gasteiger partial charge in [-0.15, -0.1) is 0 Å². The second kappa shape index (κ2) is 5.88. The van der Waals surface area contributed by atoms with Gasteiger partial charge in [0.2, 0.25) is 0 Å². The Morgan fingerprint density at radius 2 is 2.09 bits per heavy atom. The van der Waals surface area contributed by atoms with Crippen LogP contribution in [0.2, 0.25) is 0 Å². The van der Waals surface area contributed by atoms with E-state index >= 15 is 0 Å². The standard InChI is InChI=1S/C16H20N4O2/c1-11-7-14(18-19(11)2)16(22)20-9-13(15(21)10-20)8-12-3-5-17-6-4-12/h3-7,13,15,21H,8-10H2,1-2H3/t13-,15+/m1/s1. The van der Waals surface area contributed by atoms with Gasteiger partial charge in [0.05, 0.1) is 6.10 Å². The van der Waals surface area contributed by atoms with Crippen LogP contribution in [0.15, 0.2) is 30.6 Å². The molecule has 1 amide bonds. The second-order valence-corrected chi connectivity index (χ2v) is 5.89. The SMILES string of the molecule is Cc1cc(C(=O)N2C[C@@H](Cc3ccncc3)[C@@H](O)C2)nn1C. The summed E-state index contributed by atoms with van der Waals surface area (Å²) in [4.78, 5) is 18.2. The monoisotopic (exact) mass is 300 g/mol. The highest BCUT2D eigenvalue weighted by molar-refractivity contribution is 5.92. The van der Waals surface area contributed by atoms with Crippen LogP contribution < -0.4 is 0 Å². The number of likely N-dealkylation sites (tertiary alicyclic amines) is 1. The minimum absolute atomic E-state index is 0.0520. The lowest BCUT2D eigenvalue weighted by Gasteiger charge is -2.14. The number of rotatable bonds is 3. The lowest BCUT2D eigenvalue weighted by atomic mass is 9.97. The van der Waals surface area contributed by atoms with E-state index in [0.717, 1.165) is 17.7 Å². The van der Waals surface area contributed by atoms with Crippen molar-refractivity contribution < 1.29 is 9.90 Å². The number of amides is 1. The van der Waals surface area contributed by atoms with Crippen LogP contribution in [0.1, 0.15) is 21.7 Å². The van der Waals surface area contributed by atoms with Crippen LogP contribution in [0, 0.1) is 12.8 Å². The van der Waals surface area contributed by atoms with E-state index in [9.17, 15) is 9.90 Å². The average molecular weight is 300 g/mol. The van der Waals surface area contributed by atoms with Crippen LogP contribution in [-0.4, -0.2) is 49.9 Å². The Kier molecular flexibility index (Phi) is 3.94. The first-order valence-electron chi connectivity index (χ1n) is 7.41. The first kappa shape index (κ1) is 14.7. The van der Waals surface area contributed by atoms with E-state index in [4.69, 9.17) is 0 Å². The number of aryl methyl sites for hydroxylation is 2. The van der Waals surface area contributed by atoms with Crippen LogP contribution in [-0.2, 0) is 13.5 Å². The largest absolute Gasteiger partial charge is 0.391 e. The average Bonchev–Trinajstić information content (AvgIpc) is 3.03. The van der Waals surface area contributed by atoms with Gasteiger partial charge in [0.15, 0.2) is 5.69 Å². The molecule has 6 heteroatoms. The zero-order chi connectivity index (χ0) is 15.7. The van der Waals surface area contributed by atoms with Crippen LogP contribution in [0.3, 0.4) is 0 Å². The molecular weight excluding hydrogens is 280 g/mol. The van der Waals surface area contributed by atoms with Crippen LogP contribution >= 0.6 is 0 Å². The molecule has 1 fully saturated rings. The topological polar surface area (TPSA) is 71.2 Å². The van der Waals surface area contributed by atoms with Crippen molar-refractivity contribution in [3.63, 3.8) is 0 Å². The third kappa shape index (κ3) is 2.87. The third-order valence-electron chi connectivity index (χ3n) is 4.27. The summed E-state index contributed by atoms with van der Waals surface area (Å²) in [6.45, 7) is 2.83. The summed E-state index contributed by atoms with van der Waals surface area (Å²) >= 11 is 0. The number of carbonyl (C=O) groups is 1. The molecule has 1 aliphatic heterocycles. The Hall–Kier alpha value is -2.21. The lowest BCUT2D eigenvalue weighted by Crippen LogP contribution is -2.30. The molecule has 0 aliphatic carbocycles. The van der Waals surface area contributed by atoms with Gasteiger partial charge in [0.1, 0.15) is 0 Å². The van der Waals surface area contributed by atoms with Crippen molar-refractivity contribution in [2.75, 3.05) is 13.1 Å². The van der Waals surface area contributed by atoms with E-state index in [1.54, 1.807) is 28.0 Å². The molecule has 1 aliphatic rings. The Morgan fingerprint density at radius 1 is 1.36 bits per heavy atom. The van der Waals surface area contributed by atoms with Crippen LogP contribution in [0.4, 0.5) is 0 Å². The molecule has 0 saturated carbocycles. The van der Waals surface area contributed by atoms with Crippen LogP contribution in [0.25, 0.3) is 0 Å². The summed E-state index contributed by atoms with van der Waals surface area (Å²) in [6.07, 6.45) is 3.74. The first-order valence-corrected chi connectivity index (χ1v) is 7.41. The fourth-order valence-electron chi connectivity index (χ4n) is 2.87. The molecule has 3 heterocycles. The third-order valence-corrected chi connectivity index (χ3v) is 4.27. The lowest BCUT2D eigenvalue weighted by molar-refractivity contribution is 0.0758. The zero-order valence-corrected chi connectivity index (χ0v) is 12.8. The molecule has 0 aromatic carbocycles. The van der Waals surface area contributed by atoms with Crippen LogP contribution in [0.5, 0.6) is 0 Å². The van der Waals surface area contributed by atoms with Crippen molar-refractivity contribution in [2.24, 2.45) is 13.0 Å². The van der Waals surface area contributed by atoms with Gasteiger partial charge in [-0.2, -0.15) is 5.10 Å². The highest BCUT2D eigenvalue weighted by Crippen LogP contribution is 2.23. The van der Waals surface area contributed by atoms with Crippen molar-refractivity contribution >= 4 is 5.91 Å². The molecule has 2 aromatic heterocycles. The van der Waals surface area contributed by atoms with Gasteiger partial charge < -0.3 is 10.0 Å². The number of β-amino-alcohol motifs (C(OH)–C–C–N with tert-alkyl or cyclic N) is 1. The first-order chi connectivity index (χ1) is 10.5. The minimum Gasteiger partial charge on any atom is -0.391 e. The second-order valence-electron chi connectivity index (χ2n) is 5.89. The van der Waals surface area contributed by atoms with Crippen molar-refractivity contribution in [2.45, 2.75) is 19.4 Å². The fourth-order valence-corrected chi connectivity index (χ4v) is 2.87. The molecular formula is C16H20N4O2. The Morgan fingerprint density at radius 3 is 2.73 bits per heavy atom. The summed E-state index contributed by atoms with van der Waals surface area (Å²) in [5.74, 6) is -0.0591.